The Morgan fingerprint density at radius 3 is 3.13 bits per heavy atom. The number of nitrogens with one attached hydrogen (secondary N) is 1. The first-order chi connectivity index (χ1) is 11.2. The molecule has 3 rings (SSSR count). The van der Waals surface area contributed by atoms with Crippen LogP contribution >= 0.6 is 0 Å². The molecular weight excluding hydrogens is 290 g/mol. The fraction of sp³-hybridized carbons (Fsp3) is 0.471. The first kappa shape index (κ1) is 15.7. The summed E-state index contributed by atoms with van der Waals surface area (Å²) in [5.41, 5.74) is 1.12. The monoisotopic (exact) mass is 313 g/mol. The van der Waals surface area contributed by atoms with E-state index in [1.165, 1.54) is 0 Å². The third-order valence-electron chi connectivity index (χ3n) is 4.26. The lowest BCUT2D eigenvalue weighted by Gasteiger charge is -2.33. The molecule has 1 aliphatic heterocycles. The fourth-order valence-corrected chi connectivity index (χ4v) is 3.12. The van der Waals surface area contributed by atoms with Crippen molar-refractivity contribution in [2.24, 2.45) is 0 Å². The number of likely N-dealkylation sites (tertiary alicyclic amines) is 1. The lowest BCUT2D eigenvalue weighted by atomic mass is 9.97. The number of carbonyl (C=O) groups excluding carboxylic acids is 1. The van der Waals surface area contributed by atoms with Gasteiger partial charge in [-0.25, -0.2) is 4.98 Å². The molecule has 2 aromatic heterocycles. The van der Waals surface area contributed by atoms with Gasteiger partial charge in [0.2, 0.25) is 5.91 Å². The lowest BCUT2D eigenvalue weighted by molar-refractivity contribution is -0.133. The Morgan fingerprint density at radius 1 is 1.48 bits per heavy atom. The van der Waals surface area contributed by atoms with Gasteiger partial charge in [0.15, 0.2) is 0 Å². The molecule has 1 aliphatic rings. The van der Waals surface area contributed by atoms with Crippen LogP contribution in [0.5, 0.6) is 0 Å². The highest BCUT2D eigenvalue weighted by atomic mass is 16.2. The van der Waals surface area contributed by atoms with E-state index in [9.17, 15) is 4.79 Å². The molecule has 0 aromatic carbocycles. The van der Waals surface area contributed by atoms with E-state index in [-0.39, 0.29) is 5.91 Å². The molecule has 6 nitrogen and oxygen atoms in total. The van der Waals surface area contributed by atoms with Gasteiger partial charge in [0.05, 0.1) is 6.54 Å². The number of H-pyrrole nitrogens is 1. The first-order valence-corrected chi connectivity index (χ1v) is 8.07. The molecule has 0 unspecified atom stereocenters. The van der Waals surface area contributed by atoms with E-state index < -0.39 is 0 Å². The molecule has 0 radical (unpaired) electrons. The van der Waals surface area contributed by atoms with Crippen molar-refractivity contribution in [1.82, 2.24) is 24.8 Å². The van der Waals surface area contributed by atoms with E-state index >= 15 is 0 Å². The Morgan fingerprint density at radius 2 is 2.39 bits per heavy atom. The standard InChI is InChI=1S/C17H23N5O/c1-21(11-14-4-2-6-18-10-14)13-16(23)22-9-3-5-15(12-22)17-19-7-8-20-17/h2,4,6-8,10,15H,3,5,9,11-13H2,1H3,(H,19,20)/t15-/m0/s1. The van der Waals surface area contributed by atoms with Crippen molar-refractivity contribution in [1.29, 1.82) is 0 Å². The zero-order valence-electron chi connectivity index (χ0n) is 13.5. The van der Waals surface area contributed by atoms with Crippen LogP contribution in [0.3, 0.4) is 0 Å². The fourth-order valence-electron chi connectivity index (χ4n) is 3.12. The van der Waals surface area contributed by atoms with Crippen molar-refractivity contribution in [3.05, 3.63) is 48.3 Å². The number of piperidine rings is 1. The number of amides is 1. The maximum absolute atomic E-state index is 12.6. The van der Waals surface area contributed by atoms with Crippen LogP contribution < -0.4 is 0 Å². The summed E-state index contributed by atoms with van der Waals surface area (Å²) in [5, 5.41) is 0. The maximum Gasteiger partial charge on any atom is 0.236 e. The van der Waals surface area contributed by atoms with Gasteiger partial charge in [0.25, 0.3) is 0 Å². The van der Waals surface area contributed by atoms with Crippen LogP contribution in [0.4, 0.5) is 0 Å². The molecule has 1 amide bonds. The van der Waals surface area contributed by atoms with E-state index in [4.69, 9.17) is 0 Å². The molecule has 3 heterocycles. The number of pyridine rings is 1. The quantitative estimate of drug-likeness (QED) is 0.911. The van der Waals surface area contributed by atoms with Gasteiger partial charge in [0, 0.05) is 50.3 Å². The number of aromatic nitrogens is 3. The highest BCUT2D eigenvalue weighted by molar-refractivity contribution is 5.78. The molecule has 122 valence electrons. The van der Waals surface area contributed by atoms with Crippen molar-refractivity contribution in [3.8, 4) is 0 Å². The number of likely N-dealkylation sites (N-methyl/N-ethyl adjacent to an activating group) is 1. The highest BCUT2D eigenvalue weighted by Crippen LogP contribution is 2.24. The van der Waals surface area contributed by atoms with Crippen LogP contribution in [-0.4, -0.2) is 57.3 Å². The van der Waals surface area contributed by atoms with Gasteiger partial charge < -0.3 is 9.88 Å². The van der Waals surface area contributed by atoms with Gasteiger partial charge in [-0.1, -0.05) is 6.07 Å². The van der Waals surface area contributed by atoms with Crippen molar-refractivity contribution in [3.63, 3.8) is 0 Å². The minimum Gasteiger partial charge on any atom is -0.348 e. The molecule has 1 N–H and O–H groups in total. The molecule has 0 spiro atoms. The summed E-state index contributed by atoms with van der Waals surface area (Å²) in [6.07, 6.45) is 9.34. The number of carbonyl (C=O) groups is 1. The lowest BCUT2D eigenvalue weighted by Crippen LogP contribution is -2.43. The summed E-state index contributed by atoms with van der Waals surface area (Å²) in [4.78, 5) is 28.2. The summed E-state index contributed by atoms with van der Waals surface area (Å²) in [7, 11) is 1.97. The van der Waals surface area contributed by atoms with E-state index in [0.29, 0.717) is 12.5 Å². The molecule has 6 heteroatoms. The van der Waals surface area contributed by atoms with Crippen molar-refractivity contribution >= 4 is 5.91 Å². The zero-order chi connectivity index (χ0) is 16.1. The molecule has 1 fully saturated rings. The Balaban J connectivity index is 1.53. The molecule has 1 atom stereocenters. The molecule has 0 saturated carbocycles. The normalized spacial score (nSPS) is 18.3. The van der Waals surface area contributed by atoms with Crippen LogP contribution in [0, 0.1) is 0 Å². The number of hydrogen-bond acceptors (Lipinski definition) is 4. The van der Waals surface area contributed by atoms with Crippen LogP contribution in [0.25, 0.3) is 0 Å². The van der Waals surface area contributed by atoms with Crippen LogP contribution in [0.15, 0.2) is 36.9 Å². The number of rotatable bonds is 5. The summed E-state index contributed by atoms with van der Waals surface area (Å²) >= 11 is 0. The van der Waals surface area contributed by atoms with Crippen molar-refractivity contribution in [2.45, 2.75) is 25.3 Å². The largest absolute Gasteiger partial charge is 0.348 e. The second kappa shape index (κ2) is 7.37. The van der Waals surface area contributed by atoms with Gasteiger partial charge in [-0.3, -0.25) is 14.7 Å². The Kier molecular flexibility index (Phi) is 5.02. The number of hydrogen-bond donors (Lipinski definition) is 1. The summed E-state index contributed by atoms with van der Waals surface area (Å²) in [5.74, 6) is 1.50. The second-order valence-corrected chi connectivity index (χ2v) is 6.19. The van der Waals surface area contributed by atoms with Crippen LogP contribution in [0.1, 0.15) is 30.1 Å². The average Bonchev–Trinajstić information content (AvgIpc) is 3.10. The van der Waals surface area contributed by atoms with Gasteiger partial charge in [0.1, 0.15) is 5.82 Å². The average molecular weight is 313 g/mol. The molecule has 2 aromatic rings. The first-order valence-electron chi connectivity index (χ1n) is 8.07. The van der Waals surface area contributed by atoms with Crippen LogP contribution in [0.2, 0.25) is 0 Å². The number of imidazole rings is 1. The molecule has 0 bridgehead atoms. The third kappa shape index (κ3) is 4.16. The smallest absolute Gasteiger partial charge is 0.236 e. The predicted molar refractivity (Wildman–Crippen MR) is 87.7 cm³/mol. The number of aromatic amines is 1. The molecule has 0 aliphatic carbocycles. The zero-order valence-corrected chi connectivity index (χ0v) is 13.5. The Hall–Kier alpha value is -2.21. The van der Waals surface area contributed by atoms with E-state index in [1.807, 2.05) is 41.4 Å². The van der Waals surface area contributed by atoms with Crippen molar-refractivity contribution < 1.29 is 4.79 Å². The van der Waals surface area contributed by atoms with E-state index in [0.717, 1.165) is 43.9 Å². The minimum atomic E-state index is 0.188. The third-order valence-corrected chi connectivity index (χ3v) is 4.26. The molecule has 23 heavy (non-hydrogen) atoms. The SMILES string of the molecule is CN(CC(=O)N1CCC[C@H](c2ncc[nH]2)C1)Cc1cccnc1. The van der Waals surface area contributed by atoms with Gasteiger partial charge in [-0.15, -0.1) is 0 Å². The Bertz CT molecular complexity index is 613. The second-order valence-electron chi connectivity index (χ2n) is 6.19. The minimum absolute atomic E-state index is 0.188. The summed E-state index contributed by atoms with van der Waals surface area (Å²) < 4.78 is 0. The van der Waals surface area contributed by atoms with Crippen molar-refractivity contribution in [2.75, 3.05) is 26.7 Å². The van der Waals surface area contributed by atoms with Gasteiger partial charge in [-0.05, 0) is 31.5 Å². The van der Waals surface area contributed by atoms with Gasteiger partial charge in [-0.2, -0.15) is 0 Å². The van der Waals surface area contributed by atoms with Crippen LogP contribution in [-0.2, 0) is 11.3 Å². The van der Waals surface area contributed by atoms with Gasteiger partial charge >= 0.3 is 0 Å². The summed E-state index contributed by atoms with van der Waals surface area (Å²) in [6, 6.07) is 3.95. The topological polar surface area (TPSA) is 65.1 Å². The maximum atomic E-state index is 12.6. The number of nitrogens with zero attached hydrogens (tertiary/aromatic N) is 4. The predicted octanol–water partition coefficient (Wildman–Crippen LogP) is 1.64. The van der Waals surface area contributed by atoms with E-state index in [1.54, 1.807) is 12.4 Å². The highest BCUT2D eigenvalue weighted by Gasteiger charge is 2.26. The molecule has 1 saturated heterocycles. The molecular formula is C17H23N5O. The Labute approximate surface area is 136 Å². The van der Waals surface area contributed by atoms with E-state index in [2.05, 4.69) is 15.0 Å². The summed E-state index contributed by atoms with van der Waals surface area (Å²) in [6.45, 7) is 2.76.